The van der Waals surface area contributed by atoms with Crippen molar-refractivity contribution >= 4 is 21.4 Å². The molecule has 10 heteroatoms. The number of fused-ring (bicyclic) bond motifs is 1. The minimum absolute atomic E-state index is 0.0963. The molecule has 0 radical (unpaired) electrons. The lowest BCUT2D eigenvalue weighted by Crippen LogP contribution is -2.48. The topological polar surface area (TPSA) is 88.9 Å². The molecule has 7 nitrogen and oxygen atoms in total. The Morgan fingerprint density at radius 3 is 2.75 bits per heavy atom. The van der Waals surface area contributed by atoms with Crippen LogP contribution in [-0.4, -0.2) is 52.0 Å². The number of nitrogens with two attached hydrogens (primary N) is 1. The SMILES string of the molecule is COc1cc(C(F)F)ccc1-c1cnc2sc(N3CCC(O)(CN)CC3)nn12. The van der Waals surface area contributed by atoms with E-state index in [4.69, 9.17) is 10.5 Å². The summed E-state index contributed by atoms with van der Waals surface area (Å²) in [5.74, 6) is 0.347. The molecular formula is C18H21F2N5O2S. The van der Waals surface area contributed by atoms with E-state index in [0.29, 0.717) is 47.9 Å². The van der Waals surface area contributed by atoms with Crippen molar-refractivity contribution in [3.05, 3.63) is 30.0 Å². The highest BCUT2D eigenvalue weighted by Crippen LogP contribution is 2.36. The molecule has 28 heavy (non-hydrogen) atoms. The van der Waals surface area contributed by atoms with E-state index in [0.717, 1.165) is 5.13 Å². The average molecular weight is 409 g/mol. The summed E-state index contributed by atoms with van der Waals surface area (Å²) in [5.41, 5.74) is 6.07. The summed E-state index contributed by atoms with van der Waals surface area (Å²) in [6.07, 6.45) is 0.263. The Morgan fingerprint density at radius 2 is 2.11 bits per heavy atom. The molecule has 1 aliphatic heterocycles. The normalized spacial score (nSPS) is 16.9. The highest BCUT2D eigenvalue weighted by molar-refractivity contribution is 7.20. The van der Waals surface area contributed by atoms with E-state index >= 15 is 0 Å². The van der Waals surface area contributed by atoms with Crippen LogP contribution in [0.1, 0.15) is 24.8 Å². The van der Waals surface area contributed by atoms with Crippen LogP contribution >= 0.6 is 11.3 Å². The van der Waals surface area contributed by atoms with Crippen molar-refractivity contribution in [3.63, 3.8) is 0 Å². The van der Waals surface area contributed by atoms with Crippen molar-refractivity contribution in [2.24, 2.45) is 5.73 Å². The second-order valence-electron chi connectivity index (χ2n) is 6.90. The molecule has 1 aromatic carbocycles. The summed E-state index contributed by atoms with van der Waals surface area (Å²) in [6.45, 7) is 1.57. The number of hydrogen-bond acceptors (Lipinski definition) is 7. The highest BCUT2D eigenvalue weighted by Gasteiger charge is 2.32. The molecule has 2 aromatic heterocycles. The minimum Gasteiger partial charge on any atom is -0.496 e. The first-order valence-electron chi connectivity index (χ1n) is 8.92. The summed E-state index contributed by atoms with van der Waals surface area (Å²) in [4.78, 5) is 7.21. The predicted molar refractivity (Wildman–Crippen MR) is 103 cm³/mol. The van der Waals surface area contributed by atoms with E-state index in [2.05, 4.69) is 15.0 Å². The molecule has 0 aliphatic carbocycles. The van der Waals surface area contributed by atoms with Gasteiger partial charge in [-0.25, -0.2) is 18.3 Å². The van der Waals surface area contributed by atoms with Gasteiger partial charge in [0, 0.05) is 30.8 Å². The standard InChI is InChI=1S/C18H21F2N5O2S/c1-27-14-8-11(15(19)20)2-3-12(14)13-9-22-16-25(13)23-17(28-16)24-6-4-18(26,10-21)5-7-24/h2-3,8-9,15,26H,4-7,10,21H2,1H3. The lowest BCUT2D eigenvalue weighted by atomic mass is 9.92. The van der Waals surface area contributed by atoms with E-state index in [9.17, 15) is 13.9 Å². The van der Waals surface area contributed by atoms with Crippen LogP contribution < -0.4 is 15.4 Å². The Kier molecular flexibility index (Phi) is 4.94. The zero-order valence-corrected chi connectivity index (χ0v) is 16.1. The fourth-order valence-corrected chi connectivity index (χ4v) is 4.30. The number of nitrogens with zero attached hydrogens (tertiary/aromatic N) is 4. The Morgan fingerprint density at radius 1 is 1.36 bits per heavy atom. The summed E-state index contributed by atoms with van der Waals surface area (Å²) < 4.78 is 33.0. The number of aliphatic hydroxyl groups is 1. The van der Waals surface area contributed by atoms with Crippen molar-refractivity contribution in [2.75, 3.05) is 31.6 Å². The molecule has 0 saturated carbocycles. The fourth-order valence-electron chi connectivity index (χ4n) is 3.37. The number of imidazole rings is 1. The maximum Gasteiger partial charge on any atom is 0.263 e. The van der Waals surface area contributed by atoms with Crippen molar-refractivity contribution in [1.82, 2.24) is 14.6 Å². The number of hydrogen-bond donors (Lipinski definition) is 2. The maximum atomic E-state index is 13.0. The van der Waals surface area contributed by atoms with Gasteiger partial charge in [-0.3, -0.25) is 0 Å². The van der Waals surface area contributed by atoms with E-state index in [1.165, 1.54) is 30.6 Å². The molecular weight excluding hydrogens is 388 g/mol. The summed E-state index contributed by atoms with van der Waals surface area (Å²) in [5, 5.41) is 15.8. The van der Waals surface area contributed by atoms with Crippen molar-refractivity contribution < 1.29 is 18.6 Å². The molecule has 0 bridgehead atoms. The molecule has 0 unspecified atom stereocenters. The number of ether oxygens (including phenoxy) is 1. The number of benzene rings is 1. The molecule has 1 saturated heterocycles. The molecule has 1 fully saturated rings. The van der Waals surface area contributed by atoms with E-state index in [1.807, 2.05) is 0 Å². The second-order valence-corrected chi connectivity index (χ2v) is 7.83. The molecule has 0 atom stereocenters. The third-order valence-electron chi connectivity index (χ3n) is 5.17. The molecule has 3 N–H and O–H groups in total. The maximum absolute atomic E-state index is 13.0. The smallest absolute Gasteiger partial charge is 0.263 e. The molecule has 1 aliphatic rings. The Labute approximate surface area is 164 Å². The Balaban J connectivity index is 1.66. The van der Waals surface area contributed by atoms with Gasteiger partial charge in [0.1, 0.15) is 5.75 Å². The van der Waals surface area contributed by atoms with Crippen LogP contribution in [0, 0.1) is 0 Å². The zero-order chi connectivity index (χ0) is 19.9. The number of alkyl halides is 2. The molecule has 150 valence electrons. The van der Waals surface area contributed by atoms with Crippen LogP contribution in [0.2, 0.25) is 0 Å². The zero-order valence-electron chi connectivity index (χ0n) is 15.3. The molecule has 0 amide bonds. The van der Waals surface area contributed by atoms with Crippen LogP contribution in [-0.2, 0) is 0 Å². The number of methoxy groups -OCH3 is 1. The average Bonchev–Trinajstić information content (AvgIpc) is 3.29. The van der Waals surface area contributed by atoms with Crippen LogP contribution in [0.3, 0.4) is 0 Å². The van der Waals surface area contributed by atoms with Crippen LogP contribution in [0.5, 0.6) is 5.75 Å². The van der Waals surface area contributed by atoms with Gasteiger partial charge in [-0.15, -0.1) is 5.10 Å². The van der Waals surface area contributed by atoms with Crippen LogP contribution in [0.4, 0.5) is 13.9 Å². The van der Waals surface area contributed by atoms with E-state index in [-0.39, 0.29) is 12.1 Å². The second kappa shape index (κ2) is 7.26. The Hall–Kier alpha value is -2.30. The van der Waals surface area contributed by atoms with Crippen molar-refractivity contribution in [1.29, 1.82) is 0 Å². The molecule has 4 rings (SSSR count). The van der Waals surface area contributed by atoms with Crippen LogP contribution in [0.15, 0.2) is 24.4 Å². The summed E-state index contributed by atoms with van der Waals surface area (Å²) in [7, 11) is 1.45. The van der Waals surface area contributed by atoms with Gasteiger partial charge >= 0.3 is 0 Å². The van der Waals surface area contributed by atoms with E-state index < -0.39 is 12.0 Å². The van der Waals surface area contributed by atoms with Gasteiger partial charge in [-0.2, -0.15) is 0 Å². The Bertz CT molecular complexity index is 982. The van der Waals surface area contributed by atoms with Gasteiger partial charge in [0.2, 0.25) is 10.1 Å². The van der Waals surface area contributed by atoms with Crippen molar-refractivity contribution in [2.45, 2.75) is 24.9 Å². The van der Waals surface area contributed by atoms with Gasteiger partial charge in [0.15, 0.2) is 0 Å². The quantitative estimate of drug-likeness (QED) is 0.674. The van der Waals surface area contributed by atoms with Crippen molar-refractivity contribution in [3.8, 4) is 17.0 Å². The number of rotatable bonds is 5. The fraction of sp³-hybridized carbons (Fsp3) is 0.444. The van der Waals surface area contributed by atoms with Gasteiger partial charge in [0.25, 0.3) is 6.43 Å². The number of piperidine rings is 1. The lowest BCUT2D eigenvalue weighted by Gasteiger charge is -2.37. The number of aromatic nitrogens is 3. The highest BCUT2D eigenvalue weighted by atomic mass is 32.1. The predicted octanol–water partition coefficient (Wildman–Crippen LogP) is 2.69. The number of anilines is 1. The van der Waals surface area contributed by atoms with Crippen LogP contribution in [0.25, 0.3) is 16.2 Å². The first-order chi connectivity index (χ1) is 13.4. The summed E-state index contributed by atoms with van der Waals surface area (Å²) >= 11 is 1.44. The summed E-state index contributed by atoms with van der Waals surface area (Å²) in [6, 6.07) is 4.32. The number of halogens is 2. The first-order valence-corrected chi connectivity index (χ1v) is 9.74. The van der Waals surface area contributed by atoms with Gasteiger partial charge in [-0.05, 0) is 25.0 Å². The monoisotopic (exact) mass is 409 g/mol. The minimum atomic E-state index is -2.56. The first kappa shape index (κ1) is 19.0. The largest absolute Gasteiger partial charge is 0.496 e. The third kappa shape index (κ3) is 3.31. The lowest BCUT2D eigenvalue weighted by molar-refractivity contribution is 0.0249. The van der Waals surface area contributed by atoms with Gasteiger partial charge < -0.3 is 20.5 Å². The molecule has 3 heterocycles. The molecule has 3 aromatic rings. The van der Waals surface area contributed by atoms with Gasteiger partial charge in [-0.1, -0.05) is 17.4 Å². The van der Waals surface area contributed by atoms with Gasteiger partial charge in [0.05, 0.1) is 24.6 Å². The van der Waals surface area contributed by atoms with E-state index in [1.54, 1.807) is 16.8 Å². The third-order valence-corrected chi connectivity index (χ3v) is 6.16. The molecule has 0 spiro atoms.